The fraction of sp³-hybridized carbons (Fsp3) is 0.586. The summed E-state index contributed by atoms with van der Waals surface area (Å²) in [6.45, 7) is 3.32. The number of fused-ring (bicyclic) bond motifs is 4. The van der Waals surface area contributed by atoms with E-state index in [1.165, 1.54) is 18.5 Å². The van der Waals surface area contributed by atoms with E-state index in [0.29, 0.717) is 30.8 Å². The topological polar surface area (TPSA) is 66.9 Å². The zero-order valence-electron chi connectivity index (χ0n) is 21.5. The molecule has 0 radical (unpaired) electrons. The molecule has 2 atom stereocenters. The van der Waals surface area contributed by atoms with Crippen LogP contribution in [0.15, 0.2) is 36.5 Å². The van der Waals surface area contributed by atoms with Crippen LogP contribution in [0.3, 0.4) is 0 Å². The minimum Gasteiger partial charge on any atom is -0.381 e. The smallest absolute Gasteiger partial charge is 0.230 e. The molecule has 7 nitrogen and oxygen atoms in total. The molecular weight excluding hydrogens is 452 g/mol. The zero-order chi connectivity index (χ0) is 24.6. The van der Waals surface area contributed by atoms with Gasteiger partial charge in [0, 0.05) is 49.2 Å². The molecule has 3 fully saturated rings. The predicted octanol–water partition coefficient (Wildman–Crippen LogP) is 5.41. The second-order valence-corrected chi connectivity index (χ2v) is 10.8. The Morgan fingerprint density at radius 3 is 2.56 bits per heavy atom. The van der Waals surface area contributed by atoms with Crippen LogP contribution in [0.25, 0.3) is 0 Å². The number of amides is 1. The van der Waals surface area contributed by atoms with Gasteiger partial charge in [0.15, 0.2) is 0 Å². The third kappa shape index (κ3) is 4.37. The largest absolute Gasteiger partial charge is 0.381 e. The molecule has 4 heterocycles. The minimum absolute atomic E-state index is 0.0325. The van der Waals surface area contributed by atoms with Crippen LogP contribution < -0.4 is 15.1 Å². The Morgan fingerprint density at radius 1 is 1.06 bits per heavy atom. The molecule has 192 valence electrons. The summed E-state index contributed by atoms with van der Waals surface area (Å²) in [6.07, 6.45) is 10.7. The standard InChI is InChI=1S/C29H38N4O3/c1-3-36-24-11-6-19(7-12-24)29(34)32-18-20-5-4-14-30-28(20)31-26-13-10-23(17-27(26)32)33-21-8-9-22(33)16-25(15-21)35-2/h4-5,10,13-14,17,19,21-22,24-25H,3,6-9,11-12,15-16,18H2,1-2H3,(H,30,31). The van der Waals surface area contributed by atoms with Gasteiger partial charge in [-0.15, -0.1) is 0 Å². The van der Waals surface area contributed by atoms with Crippen molar-refractivity contribution in [2.45, 2.75) is 89.1 Å². The number of pyridine rings is 1. The second kappa shape index (κ2) is 10.0. The predicted molar refractivity (Wildman–Crippen MR) is 142 cm³/mol. The van der Waals surface area contributed by atoms with Gasteiger partial charge in [-0.2, -0.15) is 0 Å². The van der Waals surface area contributed by atoms with Gasteiger partial charge in [-0.05, 0) is 82.6 Å². The van der Waals surface area contributed by atoms with Crippen LogP contribution in [0, 0.1) is 5.92 Å². The molecule has 1 aliphatic carbocycles. The number of carbonyl (C=O) groups excluding carboxylic acids is 1. The third-order valence-corrected chi connectivity index (χ3v) is 8.76. The van der Waals surface area contributed by atoms with Gasteiger partial charge in [-0.25, -0.2) is 4.98 Å². The Balaban J connectivity index is 1.32. The summed E-state index contributed by atoms with van der Waals surface area (Å²) < 4.78 is 11.6. The van der Waals surface area contributed by atoms with Crippen molar-refractivity contribution in [1.29, 1.82) is 0 Å². The van der Waals surface area contributed by atoms with E-state index >= 15 is 0 Å². The number of methoxy groups -OCH3 is 1. The van der Waals surface area contributed by atoms with E-state index in [-0.39, 0.29) is 11.8 Å². The molecule has 1 aromatic heterocycles. The average molecular weight is 491 g/mol. The molecule has 1 N–H and O–H groups in total. The Hall–Kier alpha value is -2.64. The molecule has 1 amide bonds. The molecule has 0 spiro atoms. The first-order valence-electron chi connectivity index (χ1n) is 13.7. The maximum atomic E-state index is 14.1. The number of hydrogen-bond acceptors (Lipinski definition) is 6. The summed E-state index contributed by atoms with van der Waals surface area (Å²) in [7, 11) is 1.84. The van der Waals surface area contributed by atoms with Crippen molar-refractivity contribution in [3.05, 3.63) is 42.1 Å². The van der Waals surface area contributed by atoms with Gasteiger partial charge in [0.05, 0.1) is 30.1 Å². The number of hydrogen-bond donors (Lipinski definition) is 1. The quantitative estimate of drug-likeness (QED) is 0.604. The van der Waals surface area contributed by atoms with E-state index in [4.69, 9.17) is 9.47 Å². The first-order chi connectivity index (χ1) is 17.6. The molecule has 2 unspecified atom stereocenters. The SMILES string of the molecule is CCOC1CCC(C(=O)N2Cc3cccnc3Nc3ccc(N4C5CCC4CC(OC)C5)cc32)CC1. The Bertz CT molecular complexity index is 1090. The van der Waals surface area contributed by atoms with Crippen LogP contribution in [0.1, 0.15) is 63.9 Å². The third-order valence-electron chi connectivity index (χ3n) is 8.76. The highest BCUT2D eigenvalue weighted by Gasteiger charge is 2.41. The van der Waals surface area contributed by atoms with Gasteiger partial charge in [-0.3, -0.25) is 4.79 Å². The van der Waals surface area contributed by atoms with Crippen LogP contribution >= 0.6 is 0 Å². The number of benzene rings is 1. The van der Waals surface area contributed by atoms with Crippen LogP contribution in [0.2, 0.25) is 0 Å². The fourth-order valence-electron chi connectivity index (χ4n) is 6.94. The van der Waals surface area contributed by atoms with Crippen LogP contribution in [0.4, 0.5) is 22.9 Å². The Labute approximate surface area is 214 Å². The summed E-state index contributed by atoms with van der Waals surface area (Å²) in [4.78, 5) is 23.3. The lowest BCUT2D eigenvalue weighted by atomic mass is 9.86. The molecule has 36 heavy (non-hydrogen) atoms. The number of nitrogens with one attached hydrogen (secondary N) is 1. The number of ether oxygens (including phenoxy) is 2. The number of carbonyl (C=O) groups is 1. The lowest BCUT2D eigenvalue weighted by molar-refractivity contribution is -0.124. The fourth-order valence-corrected chi connectivity index (χ4v) is 6.94. The van der Waals surface area contributed by atoms with Crippen molar-refractivity contribution in [2.75, 3.05) is 28.8 Å². The summed E-state index contributed by atoms with van der Waals surface area (Å²) in [5.74, 6) is 1.09. The number of piperidine rings is 1. The van der Waals surface area contributed by atoms with E-state index in [1.807, 2.05) is 31.2 Å². The monoisotopic (exact) mass is 490 g/mol. The highest BCUT2D eigenvalue weighted by Crippen LogP contribution is 2.44. The van der Waals surface area contributed by atoms with Gasteiger partial charge in [0.1, 0.15) is 5.82 Å². The zero-order valence-corrected chi connectivity index (χ0v) is 21.5. The number of rotatable bonds is 5. The molecular formula is C29H38N4O3. The first kappa shape index (κ1) is 23.7. The van der Waals surface area contributed by atoms with Crippen molar-refractivity contribution in [3.8, 4) is 0 Å². The lowest BCUT2D eigenvalue weighted by Gasteiger charge is -2.40. The molecule has 2 bridgehead atoms. The molecule has 4 aliphatic rings. The molecule has 3 aliphatic heterocycles. The maximum Gasteiger partial charge on any atom is 0.230 e. The van der Waals surface area contributed by atoms with Crippen molar-refractivity contribution < 1.29 is 14.3 Å². The van der Waals surface area contributed by atoms with Gasteiger partial charge < -0.3 is 24.6 Å². The molecule has 1 saturated carbocycles. The number of aromatic nitrogens is 1. The molecule has 6 rings (SSSR count). The summed E-state index contributed by atoms with van der Waals surface area (Å²) in [5, 5.41) is 3.54. The van der Waals surface area contributed by atoms with Gasteiger partial charge in [-0.1, -0.05) is 6.07 Å². The maximum absolute atomic E-state index is 14.1. The van der Waals surface area contributed by atoms with E-state index in [9.17, 15) is 4.79 Å². The Morgan fingerprint density at radius 2 is 1.83 bits per heavy atom. The highest BCUT2D eigenvalue weighted by atomic mass is 16.5. The van der Waals surface area contributed by atoms with Gasteiger partial charge in [0.2, 0.25) is 5.91 Å². The van der Waals surface area contributed by atoms with E-state index in [0.717, 1.165) is 67.9 Å². The highest BCUT2D eigenvalue weighted by molar-refractivity contribution is 6.00. The van der Waals surface area contributed by atoms with Crippen LogP contribution in [-0.4, -0.2) is 48.9 Å². The van der Waals surface area contributed by atoms with Crippen molar-refractivity contribution in [1.82, 2.24) is 4.98 Å². The second-order valence-electron chi connectivity index (χ2n) is 10.8. The van der Waals surface area contributed by atoms with E-state index in [1.54, 1.807) is 0 Å². The minimum atomic E-state index is 0.0325. The summed E-state index contributed by atoms with van der Waals surface area (Å²) in [5.41, 5.74) is 4.18. The lowest BCUT2D eigenvalue weighted by Crippen LogP contribution is -2.45. The number of anilines is 4. The van der Waals surface area contributed by atoms with E-state index in [2.05, 4.69) is 39.5 Å². The molecule has 2 aromatic rings. The van der Waals surface area contributed by atoms with Gasteiger partial charge in [0.25, 0.3) is 0 Å². The number of nitrogens with zero attached hydrogens (tertiary/aromatic N) is 3. The average Bonchev–Trinajstić information content (AvgIpc) is 3.08. The van der Waals surface area contributed by atoms with E-state index < -0.39 is 0 Å². The van der Waals surface area contributed by atoms with Crippen LogP contribution in [0.5, 0.6) is 0 Å². The normalized spacial score (nSPS) is 29.2. The van der Waals surface area contributed by atoms with Crippen LogP contribution in [-0.2, 0) is 20.8 Å². The molecule has 1 aromatic carbocycles. The van der Waals surface area contributed by atoms with Crippen molar-refractivity contribution in [2.24, 2.45) is 5.92 Å². The van der Waals surface area contributed by atoms with Crippen molar-refractivity contribution in [3.63, 3.8) is 0 Å². The Kier molecular flexibility index (Phi) is 6.61. The molecule has 7 heteroatoms. The van der Waals surface area contributed by atoms with Gasteiger partial charge >= 0.3 is 0 Å². The molecule has 2 saturated heterocycles. The summed E-state index contributed by atoms with van der Waals surface area (Å²) >= 11 is 0. The van der Waals surface area contributed by atoms with Crippen molar-refractivity contribution >= 4 is 28.8 Å². The summed E-state index contributed by atoms with van der Waals surface area (Å²) in [6, 6.07) is 11.6. The first-order valence-corrected chi connectivity index (χ1v) is 13.7.